The lowest BCUT2D eigenvalue weighted by Crippen LogP contribution is -2.34. The monoisotopic (exact) mass is 461 g/mol. The maximum atomic E-state index is 13.5. The van der Waals surface area contributed by atoms with Gasteiger partial charge in [0.15, 0.2) is 0 Å². The van der Waals surface area contributed by atoms with Gasteiger partial charge < -0.3 is 4.74 Å². The van der Waals surface area contributed by atoms with E-state index in [-0.39, 0.29) is 11.4 Å². The summed E-state index contributed by atoms with van der Waals surface area (Å²) in [6.45, 7) is 1.79. The molecular weight excluding hydrogens is 438 g/mol. The van der Waals surface area contributed by atoms with E-state index in [9.17, 15) is 8.42 Å². The lowest BCUT2D eigenvalue weighted by atomic mass is 10.1. The number of thioether (sulfide) groups is 1. The molecule has 3 rings (SSSR count). The van der Waals surface area contributed by atoms with Gasteiger partial charge in [0.2, 0.25) is 10.0 Å². The molecule has 0 radical (unpaired) electrons. The zero-order valence-corrected chi connectivity index (χ0v) is 19.5. The highest BCUT2D eigenvalue weighted by Gasteiger charge is 2.31. The van der Waals surface area contributed by atoms with Crippen LogP contribution < -0.4 is 4.74 Å². The SMILES string of the molecule is C#CCN(C(C#CSc1ccccc1)c1ccc(OC)cc1)S(=O)(=O)c1ccc(C)cc1. The molecule has 0 amide bonds. The molecule has 0 aromatic heterocycles. The molecule has 1 atom stereocenters. The number of benzene rings is 3. The van der Waals surface area contributed by atoms with Gasteiger partial charge in [0.25, 0.3) is 0 Å². The minimum absolute atomic E-state index is 0.114. The van der Waals surface area contributed by atoms with Gasteiger partial charge in [-0.1, -0.05) is 59.9 Å². The predicted molar refractivity (Wildman–Crippen MR) is 130 cm³/mol. The van der Waals surface area contributed by atoms with E-state index in [0.717, 1.165) is 10.5 Å². The molecule has 0 saturated carbocycles. The molecule has 3 aromatic carbocycles. The summed E-state index contributed by atoms with van der Waals surface area (Å²) in [5.41, 5.74) is 1.68. The first-order valence-electron chi connectivity index (χ1n) is 9.84. The van der Waals surface area contributed by atoms with Crippen LogP contribution in [0.2, 0.25) is 0 Å². The summed E-state index contributed by atoms with van der Waals surface area (Å²) < 4.78 is 33.6. The molecule has 162 valence electrons. The van der Waals surface area contributed by atoms with E-state index in [2.05, 4.69) is 17.1 Å². The van der Waals surface area contributed by atoms with Crippen molar-refractivity contribution >= 4 is 21.8 Å². The standard InChI is InChI=1S/C26H23NO3S2/c1-4-19-27(32(28,29)25-16-10-21(2)11-17-25)26(22-12-14-23(30-3)15-13-22)18-20-31-24-8-6-5-7-9-24/h1,5-17,26H,19H2,2-3H3. The van der Waals surface area contributed by atoms with Crippen molar-refractivity contribution in [2.75, 3.05) is 13.7 Å². The van der Waals surface area contributed by atoms with Crippen molar-refractivity contribution in [2.24, 2.45) is 0 Å². The van der Waals surface area contributed by atoms with Crippen LogP contribution in [-0.4, -0.2) is 26.4 Å². The quantitative estimate of drug-likeness (QED) is 0.362. The van der Waals surface area contributed by atoms with Crippen molar-refractivity contribution in [3.8, 4) is 29.3 Å². The third kappa shape index (κ3) is 5.75. The van der Waals surface area contributed by atoms with Crippen LogP contribution in [0.4, 0.5) is 0 Å². The van der Waals surface area contributed by atoms with Crippen molar-refractivity contribution in [1.82, 2.24) is 4.31 Å². The molecular formula is C26H23NO3S2. The van der Waals surface area contributed by atoms with Gasteiger partial charge in [-0.3, -0.25) is 0 Å². The minimum atomic E-state index is -3.89. The van der Waals surface area contributed by atoms with Gasteiger partial charge in [-0.05, 0) is 65.9 Å². The highest BCUT2D eigenvalue weighted by atomic mass is 32.2. The summed E-state index contributed by atoms with van der Waals surface area (Å²) in [5, 5.41) is 3.06. The summed E-state index contributed by atoms with van der Waals surface area (Å²) in [6.07, 6.45) is 5.58. The fourth-order valence-corrected chi connectivity index (χ4v) is 5.02. The van der Waals surface area contributed by atoms with E-state index in [0.29, 0.717) is 11.3 Å². The van der Waals surface area contributed by atoms with Crippen molar-refractivity contribution in [3.05, 3.63) is 90.0 Å². The van der Waals surface area contributed by atoms with Crippen LogP contribution in [-0.2, 0) is 10.0 Å². The zero-order chi connectivity index (χ0) is 23.0. The first-order valence-corrected chi connectivity index (χ1v) is 12.1. The Morgan fingerprint density at radius 2 is 1.66 bits per heavy atom. The topological polar surface area (TPSA) is 46.6 Å². The van der Waals surface area contributed by atoms with Crippen LogP contribution >= 0.6 is 11.8 Å². The van der Waals surface area contributed by atoms with E-state index in [1.54, 1.807) is 55.6 Å². The number of hydrogen-bond donors (Lipinski definition) is 0. The number of rotatable bonds is 7. The second-order valence-electron chi connectivity index (χ2n) is 6.90. The van der Waals surface area contributed by atoms with E-state index >= 15 is 0 Å². The molecule has 3 aromatic rings. The van der Waals surface area contributed by atoms with Crippen molar-refractivity contribution < 1.29 is 13.2 Å². The molecule has 32 heavy (non-hydrogen) atoms. The number of hydrogen-bond acceptors (Lipinski definition) is 4. The molecule has 0 fully saturated rings. The van der Waals surface area contributed by atoms with E-state index < -0.39 is 16.1 Å². The number of nitrogens with zero attached hydrogens (tertiary/aromatic N) is 1. The Morgan fingerprint density at radius 3 is 2.25 bits per heavy atom. The fourth-order valence-electron chi connectivity index (χ4n) is 2.99. The van der Waals surface area contributed by atoms with Crippen molar-refractivity contribution in [1.29, 1.82) is 0 Å². The molecule has 0 spiro atoms. The molecule has 6 heteroatoms. The predicted octanol–water partition coefficient (Wildman–Crippen LogP) is 5.12. The lowest BCUT2D eigenvalue weighted by molar-refractivity contribution is 0.406. The fraction of sp³-hybridized carbons (Fsp3) is 0.154. The second-order valence-corrected chi connectivity index (χ2v) is 9.67. The summed E-state index contributed by atoms with van der Waals surface area (Å²) in [6, 6.07) is 22.8. The third-order valence-corrected chi connectivity index (χ3v) is 7.25. The lowest BCUT2D eigenvalue weighted by Gasteiger charge is -2.26. The third-order valence-electron chi connectivity index (χ3n) is 4.70. The average Bonchev–Trinajstić information content (AvgIpc) is 2.82. The number of methoxy groups -OCH3 is 1. The Labute approximate surface area is 194 Å². The second kappa shape index (κ2) is 10.9. The van der Waals surface area contributed by atoms with Crippen LogP contribution in [0.1, 0.15) is 17.2 Å². The van der Waals surface area contributed by atoms with Crippen LogP contribution in [0.15, 0.2) is 88.7 Å². The molecule has 0 heterocycles. The van der Waals surface area contributed by atoms with Gasteiger partial charge >= 0.3 is 0 Å². The van der Waals surface area contributed by atoms with Gasteiger partial charge in [0.05, 0.1) is 18.6 Å². The van der Waals surface area contributed by atoms with Gasteiger partial charge in [0.1, 0.15) is 11.8 Å². The summed E-state index contributed by atoms with van der Waals surface area (Å²) in [5.74, 6) is 6.27. The van der Waals surface area contributed by atoms with E-state index in [1.807, 2.05) is 37.3 Å². The van der Waals surface area contributed by atoms with Crippen LogP contribution in [0.3, 0.4) is 0 Å². The molecule has 1 unspecified atom stereocenters. The molecule has 0 N–H and O–H groups in total. The Kier molecular flexibility index (Phi) is 8.03. The maximum Gasteiger partial charge on any atom is 0.245 e. The summed E-state index contributed by atoms with van der Waals surface area (Å²) >= 11 is 1.34. The highest BCUT2D eigenvalue weighted by Crippen LogP contribution is 2.29. The summed E-state index contributed by atoms with van der Waals surface area (Å²) in [7, 11) is -2.31. The normalized spacial score (nSPS) is 11.8. The minimum Gasteiger partial charge on any atom is -0.497 e. The molecule has 0 saturated heterocycles. The maximum absolute atomic E-state index is 13.5. The van der Waals surface area contributed by atoms with Gasteiger partial charge in [-0.15, -0.1) is 6.42 Å². The first kappa shape index (κ1) is 23.5. The highest BCUT2D eigenvalue weighted by molar-refractivity contribution is 8.04. The van der Waals surface area contributed by atoms with Crippen LogP contribution in [0, 0.1) is 30.4 Å². The van der Waals surface area contributed by atoms with Gasteiger partial charge in [-0.25, -0.2) is 8.42 Å². The van der Waals surface area contributed by atoms with Gasteiger partial charge in [0, 0.05) is 4.90 Å². The van der Waals surface area contributed by atoms with E-state index in [1.165, 1.54) is 16.1 Å². The average molecular weight is 462 g/mol. The van der Waals surface area contributed by atoms with E-state index in [4.69, 9.17) is 11.2 Å². The zero-order valence-electron chi connectivity index (χ0n) is 17.9. The molecule has 0 aliphatic carbocycles. The Bertz CT molecular complexity index is 1230. The van der Waals surface area contributed by atoms with Crippen molar-refractivity contribution in [3.63, 3.8) is 0 Å². The van der Waals surface area contributed by atoms with Crippen molar-refractivity contribution in [2.45, 2.75) is 22.8 Å². The Hall–Kier alpha value is -3.16. The number of sulfonamides is 1. The Morgan fingerprint density at radius 1 is 1.00 bits per heavy atom. The largest absolute Gasteiger partial charge is 0.497 e. The van der Waals surface area contributed by atoms with Gasteiger partial charge in [-0.2, -0.15) is 4.31 Å². The van der Waals surface area contributed by atoms with Crippen LogP contribution in [0.5, 0.6) is 5.75 Å². The molecule has 0 aliphatic rings. The number of ether oxygens (including phenoxy) is 1. The first-order chi connectivity index (χ1) is 15.5. The number of terminal acetylenes is 1. The number of aryl methyl sites for hydroxylation is 1. The Balaban J connectivity index is 2.05. The molecule has 4 nitrogen and oxygen atoms in total. The molecule has 0 bridgehead atoms. The smallest absolute Gasteiger partial charge is 0.245 e. The van der Waals surface area contributed by atoms with Crippen LogP contribution in [0.25, 0.3) is 0 Å². The summed E-state index contributed by atoms with van der Waals surface area (Å²) in [4.78, 5) is 1.15. The molecule has 0 aliphatic heterocycles.